The second-order valence-corrected chi connectivity index (χ2v) is 5.04. The maximum absolute atomic E-state index is 13.8. The Morgan fingerprint density at radius 3 is 2.65 bits per heavy atom. The topological polar surface area (TPSA) is 44.8 Å². The Morgan fingerprint density at radius 2 is 1.96 bits per heavy atom. The fraction of sp³-hybridized carbons (Fsp3) is 0.167. The average Bonchev–Trinajstić information content (AvgIpc) is 2.57. The summed E-state index contributed by atoms with van der Waals surface area (Å²) in [6, 6.07) is 9.60. The van der Waals surface area contributed by atoms with Gasteiger partial charge in [-0.3, -0.25) is 4.79 Å². The third-order valence-electron chi connectivity index (χ3n) is 3.62. The Morgan fingerprint density at radius 1 is 1.13 bits per heavy atom. The molecule has 1 aliphatic heterocycles. The van der Waals surface area contributed by atoms with Crippen molar-refractivity contribution in [1.29, 1.82) is 0 Å². The van der Waals surface area contributed by atoms with Crippen LogP contribution < -0.4 is 14.2 Å². The van der Waals surface area contributed by atoms with Gasteiger partial charge in [-0.25, -0.2) is 4.39 Å². The molecule has 0 aliphatic carbocycles. The van der Waals surface area contributed by atoms with Gasteiger partial charge in [-0.15, -0.1) is 0 Å². The van der Waals surface area contributed by atoms with Crippen LogP contribution in [0.25, 0.3) is 6.08 Å². The molecule has 0 amide bonds. The number of fused-ring (bicyclic) bond motifs is 1. The number of hydrogen-bond donors (Lipinski definition) is 0. The van der Waals surface area contributed by atoms with Crippen LogP contribution in [0.4, 0.5) is 4.39 Å². The molecule has 0 aromatic heterocycles. The highest BCUT2D eigenvalue weighted by Gasteiger charge is 2.24. The maximum Gasteiger partial charge on any atom is 0.196 e. The molecule has 2 aromatic carbocycles. The van der Waals surface area contributed by atoms with Crippen LogP contribution in [0, 0.1) is 5.82 Å². The van der Waals surface area contributed by atoms with E-state index in [1.807, 2.05) is 0 Å². The Kier molecular flexibility index (Phi) is 4.02. The summed E-state index contributed by atoms with van der Waals surface area (Å²) in [4.78, 5) is 12.6. The van der Waals surface area contributed by atoms with Crippen LogP contribution in [0.1, 0.15) is 15.9 Å². The van der Waals surface area contributed by atoms with Gasteiger partial charge in [-0.1, -0.05) is 6.07 Å². The smallest absolute Gasteiger partial charge is 0.196 e. The van der Waals surface area contributed by atoms with E-state index < -0.39 is 5.82 Å². The lowest BCUT2D eigenvalue weighted by atomic mass is 9.98. The van der Waals surface area contributed by atoms with Crippen molar-refractivity contribution >= 4 is 11.9 Å². The number of rotatable bonds is 3. The van der Waals surface area contributed by atoms with Crippen molar-refractivity contribution in [1.82, 2.24) is 0 Å². The summed E-state index contributed by atoms with van der Waals surface area (Å²) in [6.45, 7) is 0.145. The summed E-state index contributed by atoms with van der Waals surface area (Å²) < 4.78 is 29.4. The molecular formula is C18H15FO4. The molecule has 118 valence electrons. The van der Waals surface area contributed by atoms with E-state index in [-0.39, 0.29) is 18.1 Å². The molecule has 0 saturated carbocycles. The molecule has 0 unspecified atom stereocenters. The zero-order valence-corrected chi connectivity index (χ0v) is 12.8. The van der Waals surface area contributed by atoms with Crippen LogP contribution >= 0.6 is 0 Å². The first-order chi connectivity index (χ1) is 11.1. The highest BCUT2D eigenvalue weighted by Crippen LogP contribution is 2.31. The maximum atomic E-state index is 13.8. The Labute approximate surface area is 133 Å². The molecule has 0 saturated heterocycles. The number of ether oxygens (including phenoxy) is 3. The Bertz CT molecular complexity index is 796. The first-order valence-electron chi connectivity index (χ1n) is 7.02. The summed E-state index contributed by atoms with van der Waals surface area (Å²) in [5.41, 5.74) is 1.47. The number of halogens is 1. The van der Waals surface area contributed by atoms with Gasteiger partial charge in [0, 0.05) is 5.57 Å². The lowest BCUT2D eigenvalue weighted by Crippen LogP contribution is -2.19. The molecule has 4 nitrogen and oxygen atoms in total. The van der Waals surface area contributed by atoms with Crippen LogP contribution in [-0.2, 0) is 0 Å². The first-order valence-corrected chi connectivity index (χ1v) is 7.02. The van der Waals surface area contributed by atoms with Crippen molar-refractivity contribution in [2.24, 2.45) is 0 Å². The van der Waals surface area contributed by atoms with E-state index in [0.29, 0.717) is 28.2 Å². The predicted octanol–water partition coefficient (Wildman–Crippen LogP) is 3.50. The van der Waals surface area contributed by atoms with Crippen LogP contribution in [-0.4, -0.2) is 26.6 Å². The summed E-state index contributed by atoms with van der Waals surface area (Å²) in [6.07, 6.45) is 1.62. The summed E-state index contributed by atoms with van der Waals surface area (Å²) in [5, 5.41) is 0. The molecule has 0 N–H and O–H groups in total. The van der Waals surface area contributed by atoms with E-state index in [2.05, 4.69) is 0 Å². The van der Waals surface area contributed by atoms with Crippen molar-refractivity contribution in [3.05, 3.63) is 58.9 Å². The quantitative estimate of drug-likeness (QED) is 0.813. The Balaban J connectivity index is 1.95. The van der Waals surface area contributed by atoms with Crippen LogP contribution in [0.3, 0.4) is 0 Å². The molecule has 2 aromatic rings. The standard InChI is InChI=1S/C18H15FO4/c1-21-13-4-6-16-14(9-13)18(20)12(10-23-16)7-11-3-5-17(22-2)15(19)8-11/h3-9H,10H2,1-2H3/b12-7-. The van der Waals surface area contributed by atoms with E-state index in [4.69, 9.17) is 14.2 Å². The number of Topliss-reactive ketones (excluding diaryl/α,β-unsaturated/α-hetero) is 1. The number of hydrogen-bond acceptors (Lipinski definition) is 4. The van der Waals surface area contributed by atoms with E-state index in [0.717, 1.165) is 0 Å². The van der Waals surface area contributed by atoms with Gasteiger partial charge in [0.2, 0.25) is 0 Å². The molecule has 0 radical (unpaired) electrons. The van der Waals surface area contributed by atoms with Crippen molar-refractivity contribution < 1.29 is 23.4 Å². The molecule has 0 spiro atoms. The van der Waals surface area contributed by atoms with Gasteiger partial charge < -0.3 is 14.2 Å². The summed E-state index contributed by atoms with van der Waals surface area (Å²) >= 11 is 0. The molecule has 3 rings (SSSR count). The van der Waals surface area contributed by atoms with Crippen LogP contribution in [0.5, 0.6) is 17.2 Å². The number of carbonyl (C=O) groups is 1. The minimum Gasteiger partial charge on any atom is -0.497 e. The third-order valence-corrected chi connectivity index (χ3v) is 3.62. The van der Waals surface area contributed by atoms with Crippen LogP contribution in [0.15, 0.2) is 42.0 Å². The number of ketones is 1. The average molecular weight is 314 g/mol. The molecule has 0 bridgehead atoms. The zero-order valence-electron chi connectivity index (χ0n) is 12.8. The van der Waals surface area contributed by atoms with Crippen LogP contribution in [0.2, 0.25) is 0 Å². The van der Waals surface area contributed by atoms with Crippen molar-refractivity contribution in [2.45, 2.75) is 0 Å². The van der Waals surface area contributed by atoms with Crippen molar-refractivity contribution in [3.8, 4) is 17.2 Å². The van der Waals surface area contributed by atoms with E-state index in [1.54, 1.807) is 30.3 Å². The number of benzene rings is 2. The fourth-order valence-corrected chi connectivity index (χ4v) is 2.41. The predicted molar refractivity (Wildman–Crippen MR) is 83.7 cm³/mol. The molecule has 1 aliphatic rings. The monoisotopic (exact) mass is 314 g/mol. The molecule has 23 heavy (non-hydrogen) atoms. The highest BCUT2D eigenvalue weighted by molar-refractivity contribution is 6.14. The second-order valence-electron chi connectivity index (χ2n) is 5.04. The molecule has 1 heterocycles. The molecule has 0 fully saturated rings. The SMILES string of the molecule is COc1ccc2c(c1)C(=O)/C(=C\c1ccc(OC)c(F)c1)CO2. The minimum atomic E-state index is -0.479. The van der Waals surface area contributed by atoms with E-state index in [9.17, 15) is 9.18 Å². The van der Waals surface area contributed by atoms with E-state index >= 15 is 0 Å². The first kappa shape index (κ1) is 15.1. The zero-order chi connectivity index (χ0) is 16.4. The lowest BCUT2D eigenvalue weighted by Gasteiger charge is -2.19. The normalized spacial score (nSPS) is 15.1. The molecule has 0 atom stereocenters. The van der Waals surface area contributed by atoms with Gasteiger partial charge in [0.15, 0.2) is 17.3 Å². The van der Waals surface area contributed by atoms with Gasteiger partial charge in [-0.05, 0) is 42.0 Å². The third kappa shape index (κ3) is 2.90. The van der Waals surface area contributed by atoms with Gasteiger partial charge in [0.05, 0.1) is 19.8 Å². The minimum absolute atomic E-state index is 0.145. The second kappa shape index (κ2) is 6.12. The summed E-state index contributed by atoms with van der Waals surface area (Å²) in [7, 11) is 2.94. The van der Waals surface area contributed by atoms with Gasteiger partial charge in [-0.2, -0.15) is 0 Å². The Hall–Kier alpha value is -2.82. The van der Waals surface area contributed by atoms with Gasteiger partial charge in [0.1, 0.15) is 18.1 Å². The number of methoxy groups -OCH3 is 2. The number of carbonyl (C=O) groups excluding carboxylic acids is 1. The highest BCUT2D eigenvalue weighted by atomic mass is 19.1. The summed E-state index contributed by atoms with van der Waals surface area (Å²) in [5.74, 6) is 0.634. The largest absolute Gasteiger partial charge is 0.497 e. The van der Waals surface area contributed by atoms with Gasteiger partial charge in [0.25, 0.3) is 0 Å². The van der Waals surface area contributed by atoms with E-state index in [1.165, 1.54) is 26.4 Å². The molecule has 5 heteroatoms. The fourth-order valence-electron chi connectivity index (χ4n) is 2.41. The van der Waals surface area contributed by atoms with Gasteiger partial charge >= 0.3 is 0 Å². The van der Waals surface area contributed by atoms with Crippen molar-refractivity contribution in [2.75, 3.05) is 20.8 Å². The van der Waals surface area contributed by atoms with Crippen molar-refractivity contribution in [3.63, 3.8) is 0 Å². The molecular weight excluding hydrogens is 299 g/mol. The lowest BCUT2D eigenvalue weighted by molar-refractivity contribution is 0.100.